The Labute approximate surface area is 115 Å². The number of hydrogen-bond acceptors (Lipinski definition) is 2. The van der Waals surface area contributed by atoms with Crippen LogP contribution in [0.5, 0.6) is 11.5 Å². The third-order valence-corrected chi connectivity index (χ3v) is 5.18. The minimum atomic E-state index is -0.145. The van der Waals surface area contributed by atoms with Gasteiger partial charge in [0.25, 0.3) is 0 Å². The number of phenols is 2. The molecule has 0 atom stereocenters. The highest BCUT2D eigenvalue weighted by molar-refractivity contribution is 5.55. The molecule has 2 heteroatoms. The zero-order chi connectivity index (χ0) is 13.8. The van der Waals surface area contributed by atoms with Crippen LogP contribution in [0.1, 0.15) is 64.0 Å². The van der Waals surface area contributed by atoms with Gasteiger partial charge < -0.3 is 10.2 Å². The highest BCUT2D eigenvalue weighted by Crippen LogP contribution is 2.59. The lowest BCUT2D eigenvalue weighted by molar-refractivity contribution is 0.368. The summed E-state index contributed by atoms with van der Waals surface area (Å²) in [6.45, 7) is 6.34. The second kappa shape index (κ2) is 3.91. The molecule has 2 saturated carbocycles. The second-order valence-corrected chi connectivity index (χ2v) is 7.53. The van der Waals surface area contributed by atoms with Crippen molar-refractivity contribution in [3.05, 3.63) is 23.3 Å². The zero-order valence-corrected chi connectivity index (χ0v) is 12.2. The minimum absolute atomic E-state index is 0.121. The first-order valence-corrected chi connectivity index (χ1v) is 7.39. The van der Waals surface area contributed by atoms with E-state index in [1.54, 1.807) is 12.1 Å². The monoisotopic (exact) mass is 260 g/mol. The highest BCUT2D eigenvalue weighted by atomic mass is 16.3. The number of fused-ring (bicyclic) bond motifs is 2. The zero-order valence-electron chi connectivity index (χ0n) is 12.2. The first-order chi connectivity index (χ1) is 8.83. The van der Waals surface area contributed by atoms with E-state index in [9.17, 15) is 10.2 Å². The smallest absolute Gasteiger partial charge is 0.119 e. The molecule has 0 radical (unpaired) electrons. The van der Waals surface area contributed by atoms with Crippen molar-refractivity contribution in [1.82, 2.24) is 0 Å². The summed E-state index contributed by atoms with van der Waals surface area (Å²) >= 11 is 0. The number of hydrogen-bond donors (Lipinski definition) is 2. The maximum absolute atomic E-state index is 10.4. The van der Waals surface area contributed by atoms with Crippen molar-refractivity contribution in [2.75, 3.05) is 0 Å². The van der Waals surface area contributed by atoms with Crippen LogP contribution in [0, 0.1) is 5.92 Å². The van der Waals surface area contributed by atoms with E-state index < -0.39 is 0 Å². The van der Waals surface area contributed by atoms with Crippen molar-refractivity contribution >= 4 is 0 Å². The largest absolute Gasteiger partial charge is 0.508 e. The molecule has 2 aliphatic rings. The molecule has 2 fully saturated rings. The molecule has 0 unspecified atom stereocenters. The first kappa shape index (κ1) is 12.8. The van der Waals surface area contributed by atoms with E-state index >= 15 is 0 Å². The standard InChI is InChI=1S/C17H24O2/c1-16(2,3)14-12(18)4-5-13(19)15(14)17-8-6-11(10-17)7-9-17/h4-5,11,18-19H,6-10H2,1-3H3. The van der Waals surface area contributed by atoms with Gasteiger partial charge in [0, 0.05) is 11.1 Å². The average molecular weight is 260 g/mol. The van der Waals surface area contributed by atoms with Gasteiger partial charge in [-0.25, -0.2) is 0 Å². The molecule has 2 N–H and O–H groups in total. The predicted octanol–water partition coefficient (Wildman–Crippen LogP) is 4.23. The lowest BCUT2D eigenvalue weighted by Gasteiger charge is -2.35. The van der Waals surface area contributed by atoms with Gasteiger partial charge in [0.15, 0.2) is 0 Å². The van der Waals surface area contributed by atoms with Crippen LogP contribution in [-0.4, -0.2) is 10.2 Å². The molecule has 0 aromatic heterocycles. The van der Waals surface area contributed by atoms with Crippen LogP contribution in [0.2, 0.25) is 0 Å². The van der Waals surface area contributed by atoms with Gasteiger partial charge in [-0.05, 0) is 61.0 Å². The molecule has 1 aromatic carbocycles. The Kier molecular flexibility index (Phi) is 2.64. The Hall–Kier alpha value is -1.18. The average Bonchev–Trinajstić information content (AvgIpc) is 2.91. The summed E-state index contributed by atoms with van der Waals surface area (Å²) in [5.74, 6) is 1.55. The number of aromatic hydroxyl groups is 2. The van der Waals surface area contributed by atoms with Gasteiger partial charge in [-0.15, -0.1) is 0 Å². The molecule has 0 aliphatic heterocycles. The van der Waals surface area contributed by atoms with Gasteiger partial charge >= 0.3 is 0 Å². The van der Waals surface area contributed by atoms with Crippen molar-refractivity contribution in [1.29, 1.82) is 0 Å². The lowest BCUT2D eigenvalue weighted by atomic mass is 9.70. The van der Waals surface area contributed by atoms with Crippen LogP contribution >= 0.6 is 0 Å². The summed E-state index contributed by atoms with van der Waals surface area (Å²) in [5.41, 5.74) is 1.97. The maximum atomic E-state index is 10.4. The van der Waals surface area contributed by atoms with Crippen molar-refractivity contribution in [3.63, 3.8) is 0 Å². The van der Waals surface area contributed by atoms with Gasteiger partial charge in [-0.1, -0.05) is 20.8 Å². The van der Waals surface area contributed by atoms with Gasteiger partial charge in [0.05, 0.1) is 0 Å². The fourth-order valence-electron chi connectivity index (χ4n) is 4.42. The molecule has 2 bridgehead atoms. The summed E-state index contributed by atoms with van der Waals surface area (Å²) in [6, 6.07) is 3.30. The molecule has 2 aliphatic carbocycles. The van der Waals surface area contributed by atoms with E-state index in [0.29, 0.717) is 11.5 Å². The Balaban J connectivity index is 2.23. The molecule has 19 heavy (non-hydrogen) atoms. The van der Waals surface area contributed by atoms with E-state index in [4.69, 9.17) is 0 Å². The lowest BCUT2D eigenvalue weighted by Crippen LogP contribution is -2.26. The van der Waals surface area contributed by atoms with Crippen molar-refractivity contribution in [2.24, 2.45) is 5.92 Å². The fourth-order valence-corrected chi connectivity index (χ4v) is 4.42. The molecule has 0 amide bonds. The topological polar surface area (TPSA) is 40.5 Å². The Morgan fingerprint density at radius 2 is 1.63 bits per heavy atom. The van der Waals surface area contributed by atoms with Crippen LogP contribution in [0.3, 0.4) is 0 Å². The Bertz CT molecular complexity index is 503. The van der Waals surface area contributed by atoms with E-state index in [1.807, 2.05) is 0 Å². The summed E-state index contributed by atoms with van der Waals surface area (Å²) in [6.07, 6.45) is 6.07. The van der Waals surface area contributed by atoms with Crippen LogP contribution in [-0.2, 0) is 10.8 Å². The maximum Gasteiger partial charge on any atom is 0.119 e. The predicted molar refractivity (Wildman–Crippen MR) is 76.7 cm³/mol. The molecule has 104 valence electrons. The van der Waals surface area contributed by atoms with E-state index in [1.165, 1.54) is 19.3 Å². The second-order valence-electron chi connectivity index (χ2n) is 7.53. The quantitative estimate of drug-likeness (QED) is 0.742. The molecule has 3 rings (SSSR count). The number of benzene rings is 1. The third kappa shape index (κ3) is 1.84. The summed E-state index contributed by atoms with van der Waals surface area (Å²) in [5, 5.41) is 20.8. The van der Waals surface area contributed by atoms with Crippen LogP contribution in [0.25, 0.3) is 0 Å². The normalized spacial score (nSPS) is 29.9. The Morgan fingerprint density at radius 3 is 2.11 bits per heavy atom. The summed E-state index contributed by atoms with van der Waals surface area (Å²) in [7, 11) is 0. The van der Waals surface area contributed by atoms with E-state index in [2.05, 4.69) is 20.8 Å². The highest BCUT2D eigenvalue weighted by Gasteiger charge is 2.49. The van der Waals surface area contributed by atoms with Crippen LogP contribution in [0.4, 0.5) is 0 Å². The molecule has 0 spiro atoms. The SMILES string of the molecule is CC(C)(C)c1c(O)ccc(O)c1C12CCC(CC1)C2. The molecule has 1 aromatic rings. The van der Waals surface area contributed by atoms with Crippen molar-refractivity contribution < 1.29 is 10.2 Å². The first-order valence-electron chi connectivity index (χ1n) is 7.39. The molecular weight excluding hydrogens is 236 g/mol. The molecule has 2 nitrogen and oxygen atoms in total. The van der Waals surface area contributed by atoms with Gasteiger partial charge in [-0.2, -0.15) is 0 Å². The van der Waals surface area contributed by atoms with Gasteiger partial charge in [0.2, 0.25) is 0 Å². The fraction of sp³-hybridized carbons (Fsp3) is 0.647. The molecule has 0 saturated heterocycles. The Morgan fingerprint density at radius 1 is 1.05 bits per heavy atom. The summed E-state index contributed by atoms with van der Waals surface area (Å²) in [4.78, 5) is 0. The minimum Gasteiger partial charge on any atom is -0.508 e. The number of phenolic OH excluding ortho intramolecular Hbond substituents is 2. The summed E-state index contributed by atoms with van der Waals surface area (Å²) < 4.78 is 0. The number of rotatable bonds is 1. The van der Waals surface area contributed by atoms with Crippen LogP contribution in [0.15, 0.2) is 12.1 Å². The molecule has 0 heterocycles. The third-order valence-electron chi connectivity index (χ3n) is 5.18. The van der Waals surface area contributed by atoms with Gasteiger partial charge in [-0.3, -0.25) is 0 Å². The van der Waals surface area contributed by atoms with Crippen LogP contribution < -0.4 is 0 Å². The van der Waals surface area contributed by atoms with Gasteiger partial charge in [0.1, 0.15) is 11.5 Å². The van der Waals surface area contributed by atoms with E-state index in [0.717, 1.165) is 29.9 Å². The van der Waals surface area contributed by atoms with E-state index in [-0.39, 0.29) is 10.8 Å². The van der Waals surface area contributed by atoms with Crippen molar-refractivity contribution in [3.8, 4) is 11.5 Å². The molecular formula is C17H24O2. The van der Waals surface area contributed by atoms with Crippen molar-refractivity contribution in [2.45, 2.75) is 63.7 Å².